The number of aliphatic hydroxyl groups excluding tert-OH is 2. The van der Waals surface area contributed by atoms with Crippen molar-refractivity contribution in [2.75, 3.05) is 13.7 Å². The maximum Gasteiger partial charge on any atom is 0.255 e. The van der Waals surface area contributed by atoms with E-state index in [0.29, 0.717) is 11.4 Å². The molecule has 4 atom stereocenters. The van der Waals surface area contributed by atoms with E-state index >= 15 is 0 Å². The van der Waals surface area contributed by atoms with Gasteiger partial charge in [-0.15, -0.1) is 5.10 Å². The third-order valence-electron chi connectivity index (χ3n) is 3.49. The molecule has 0 saturated carbocycles. The van der Waals surface area contributed by atoms with Crippen LogP contribution in [-0.2, 0) is 4.74 Å². The molecule has 23 heavy (non-hydrogen) atoms. The smallest absolute Gasteiger partial charge is 0.255 e. The highest BCUT2D eigenvalue weighted by Crippen LogP contribution is 2.21. The second kappa shape index (κ2) is 6.49. The van der Waals surface area contributed by atoms with Gasteiger partial charge in [0.25, 0.3) is 6.29 Å². The van der Waals surface area contributed by atoms with Gasteiger partial charge in [-0.1, -0.05) is 4.85 Å². The van der Waals surface area contributed by atoms with Crippen molar-refractivity contribution in [2.45, 2.75) is 24.7 Å². The summed E-state index contributed by atoms with van der Waals surface area (Å²) in [6, 6.07) is 7.16. The Labute approximate surface area is 131 Å². The summed E-state index contributed by atoms with van der Waals surface area (Å²) in [6.45, 7) is -0.372. The molecular formula is C14H16FN3O5. The highest BCUT2D eigenvalue weighted by Gasteiger charge is 2.40. The van der Waals surface area contributed by atoms with Gasteiger partial charge in [0.05, 0.1) is 19.9 Å². The van der Waals surface area contributed by atoms with Crippen molar-refractivity contribution in [1.29, 1.82) is 0 Å². The Morgan fingerprint density at radius 3 is 2.70 bits per heavy atom. The first-order chi connectivity index (χ1) is 11.1. The first-order valence-corrected chi connectivity index (χ1v) is 6.94. The molecule has 124 valence electrons. The van der Waals surface area contributed by atoms with Crippen LogP contribution in [0.4, 0.5) is 4.39 Å². The summed E-state index contributed by atoms with van der Waals surface area (Å²) in [5, 5.41) is 26.9. The molecule has 0 aliphatic carbocycles. The molecule has 1 aromatic heterocycles. The molecule has 8 nitrogen and oxygen atoms in total. The van der Waals surface area contributed by atoms with Crippen LogP contribution in [0.15, 0.2) is 30.5 Å². The van der Waals surface area contributed by atoms with E-state index in [2.05, 4.69) is 10.3 Å². The van der Waals surface area contributed by atoms with Gasteiger partial charge in [0.15, 0.2) is 6.17 Å². The van der Waals surface area contributed by atoms with Crippen molar-refractivity contribution in [3.8, 4) is 17.0 Å². The number of benzene rings is 1. The van der Waals surface area contributed by atoms with Crippen LogP contribution >= 0.6 is 0 Å². The lowest BCUT2D eigenvalue weighted by Gasteiger charge is -2.32. The predicted octanol–water partition coefficient (Wildman–Crippen LogP) is -0.202. The molecule has 1 aliphatic rings. The van der Waals surface area contributed by atoms with E-state index in [0.717, 1.165) is 10.4 Å². The van der Waals surface area contributed by atoms with Crippen LogP contribution in [0.2, 0.25) is 0 Å². The Balaban J connectivity index is 1.69. The highest BCUT2D eigenvalue weighted by molar-refractivity contribution is 5.58. The van der Waals surface area contributed by atoms with Crippen molar-refractivity contribution >= 4 is 0 Å². The Bertz CT molecular complexity index is 650. The summed E-state index contributed by atoms with van der Waals surface area (Å²) in [4.78, 5) is 6.25. The lowest BCUT2D eigenvalue weighted by molar-refractivity contribution is -0.264. The summed E-state index contributed by atoms with van der Waals surface area (Å²) >= 11 is 0. The first-order valence-electron chi connectivity index (χ1n) is 6.94. The van der Waals surface area contributed by atoms with Gasteiger partial charge in [-0.3, -0.25) is 0 Å². The Morgan fingerprint density at radius 2 is 2.00 bits per heavy atom. The number of hydrogen-bond donors (Lipinski definition) is 2. The van der Waals surface area contributed by atoms with Gasteiger partial charge in [-0.25, -0.2) is 4.39 Å². The number of hydrogen-bond acceptors (Lipinski definition) is 7. The molecule has 0 unspecified atom stereocenters. The number of methoxy groups -OCH3 is 1. The number of rotatable bonds is 4. The summed E-state index contributed by atoms with van der Waals surface area (Å²) in [7, 11) is 1.57. The molecule has 0 bridgehead atoms. The number of nitrogens with zero attached hydrogens (tertiary/aromatic N) is 3. The van der Waals surface area contributed by atoms with E-state index < -0.39 is 24.7 Å². The standard InChI is InChI=1S/C14H16FN3O5/c1-21-9-4-2-8(3-5-9)11-6-18(17-16-11)23-14-13(20)12(19)10(15)7-22-14/h2-6,10,12-14,19-20H,7H2,1H3/t10-,12+,13-,14+/m1/s1. The molecule has 1 aliphatic heterocycles. The highest BCUT2D eigenvalue weighted by atomic mass is 19.1. The fourth-order valence-electron chi connectivity index (χ4n) is 2.15. The number of halogens is 1. The molecular weight excluding hydrogens is 309 g/mol. The van der Waals surface area contributed by atoms with E-state index in [1.807, 2.05) is 0 Å². The van der Waals surface area contributed by atoms with Gasteiger partial charge in [0, 0.05) is 5.56 Å². The molecule has 2 aromatic rings. The van der Waals surface area contributed by atoms with E-state index in [1.54, 1.807) is 31.4 Å². The third kappa shape index (κ3) is 3.26. The average Bonchev–Trinajstić information content (AvgIpc) is 3.04. The largest absolute Gasteiger partial charge is 0.497 e. The summed E-state index contributed by atoms with van der Waals surface area (Å²) in [5.74, 6) is 0.714. The number of aliphatic hydroxyl groups is 2. The normalized spacial score (nSPS) is 27.7. The number of alkyl halides is 1. The number of ether oxygens (including phenoxy) is 2. The van der Waals surface area contributed by atoms with Gasteiger partial charge in [0.1, 0.15) is 23.7 Å². The minimum atomic E-state index is -1.66. The molecule has 1 aromatic carbocycles. The van der Waals surface area contributed by atoms with Gasteiger partial charge in [0.2, 0.25) is 0 Å². The average molecular weight is 325 g/mol. The Kier molecular flexibility index (Phi) is 4.42. The van der Waals surface area contributed by atoms with Crippen LogP contribution in [0.5, 0.6) is 5.75 Å². The second-order valence-corrected chi connectivity index (χ2v) is 5.04. The molecule has 2 N–H and O–H groups in total. The van der Waals surface area contributed by atoms with Crippen molar-refractivity contribution in [2.24, 2.45) is 0 Å². The summed E-state index contributed by atoms with van der Waals surface area (Å²) < 4.78 is 23.3. The molecule has 0 amide bonds. The molecule has 1 saturated heterocycles. The molecule has 2 heterocycles. The van der Waals surface area contributed by atoms with Crippen molar-refractivity contribution in [1.82, 2.24) is 15.2 Å². The molecule has 3 rings (SSSR count). The van der Waals surface area contributed by atoms with Crippen molar-refractivity contribution < 1.29 is 28.9 Å². The van der Waals surface area contributed by atoms with E-state index in [-0.39, 0.29) is 6.61 Å². The fourth-order valence-corrected chi connectivity index (χ4v) is 2.15. The van der Waals surface area contributed by atoms with Crippen LogP contribution in [0.3, 0.4) is 0 Å². The SMILES string of the molecule is COc1ccc(-c2cn(O[C@@H]3OC[C@@H](F)[C@H](O)[C@H]3O)nn2)cc1. The summed E-state index contributed by atoms with van der Waals surface area (Å²) in [6.07, 6.45) is -4.50. The van der Waals surface area contributed by atoms with Crippen LogP contribution in [-0.4, -0.2) is 63.8 Å². The second-order valence-electron chi connectivity index (χ2n) is 5.04. The quantitative estimate of drug-likeness (QED) is 0.803. The van der Waals surface area contributed by atoms with Gasteiger partial charge < -0.3 is 24.5 Å². The van der Waals surface area contributed by atoms with Crippen LogP contribution < -0.4 is 9.57 Å². The van der Waals surface area contributed by atoms with Gasteiger partial charge in [-0.05, 0) is 29.5 Å². The van der Waals surface area contributed by atoms with Gasteiger partial charge in [-0.2, -0.15) is 0 Å². The van der Waals surface area contributed by atoms with E-state index in [1.165, 1.54) is 6.20 Å². The van der Waals surface area contributed by atoms with Crippen LogP contribution in [0.1, 0.15) is 0 Å². The van der Waals surface area contributed by atoms with E-state index in [4.69, 9.17) is 14.3 Å². The minimum absolute atomic E-state index is 0.372. The Hall–Kier alpha value is -2.23. The fraction of sp³-hybridized carbons (Fsp3) is 0.429. The topological polar surface area (TPSA) is 98.9 Å². The van der Waals surface area contributed by atoms with Gasteiger partial charge >= 0.3 is 0 Å². The lowest BCUT2D eigenvalue weighted by atomic mass is 10.1. The lowest BCUT2D eigenvalue weighted by Crippen LogP contribution is -2.54. The molecule has 1 fully saturated rings. The Morgan fingerprint density at radius 1 is 1.26 bits per heavy atom. The zero-order valence-corrected chi connectivity index (χ0v) is 12.2. The summed E-state index contributed by atoms with van der Waals surface area (Å²) in [5.41, 5.74) is 1.32. The zero-order valence-electron chi connectivity index (χ0n) is 12.2. The maximum absolute atomic E-state index is 13.2. The molecule has 9 heteroatoms. The van der Waals surface area contributed by atoms with E-state index in [9.17, 15) is 14.6 Å². The predicted molar refractivity (Wildman–Crippen MR) is 75.2 cm³/mol. The third-order valence-corrected chi connectivity index (χ3v) is 3.49. The minimum Gasteiger partial charge on any atom is -0.497 e. The molecule has 0 radical (unpaired) electrons. The van der Waals surface area contributed by atoms with Crippen LogP contribution in [0.25, 0.3) is 11.3 Å². The van der Waals surface area contributed by atoms with Crippen molar-refractivity contribution in [3.05, 3.63) is 30.5 Å². The first kappa shape index (κ1) is 15.7. The van der Waals surface area contributed by atoms with Crippen molar-refractivity contribution in [3.63, 3.8) is 0 Å². The number of aromatic nitrogens is 3. The van der Waals surface area contributed by atoms with Crippen LogP contribution in [0, 0.1) is 0 Å². The monoisotopic (exact) mass is 325 g/mol. The maximum atomic E-state index is 13.2. The molecule has 0 spiro atoms. The zero-order chi connectivity index (χ0) is 16.4.